The number of hydrogen-bond donors (Lipinski definition) is 1. The minimum absolute atomic E-state index is 0.0734. The molecular weight excluding hydrogens is 386 g/mol. The zero-order chi connectivity index (χ0) is 21.6. The van der Waals surface area contributed by atoms with Crippen LogP contribution >= 0.6 is 0 Å². The van der Waals surface area contributed by atoms with Gasteiger partial charge in [-0.25, -0.2) is 0 Å². The lowest BCUT2D eigenvalue weighted by Crippen LogP contribution is -2.65. The summed E-state index contributed by atoms with van der Waals surface area (Å²) in [7, 11) is 0. The van der Waals surface area contributed by atoms with Crippen molar-refractivity contribution in [3.63, 3.8) is 0 Å². The quantitative estimate of drug-likeness (QED) is 0.673. The SMILES string of the molecule is CCc1ccc(N2C(=O)c3cc4ccccc4n3C[C@]2(C)C(=O)NC2CCCC2)cc1. The summed E-state index contributed by atoms with van der Waals surface area (Å²) in [4.78, 5) is 29.2. The number of amides is 2. The van der Waals surface area contributed by atoms with E-state index < -0.39 is 5.54 Å². The molecule has 0 bridgehead atoms. The van der Waals surface area contributed by atoms with Crippen molar-refractivity contribution in [2.75, 3.05) is 4.90 Å². The van der Waals surface area contributed by atoms with Gasteiger partial charge in [-0.3, -0.25) is 14.5 Å². The van der Waals surface area contributed by atoms with Gasteiger partial charge < -0.3 is 9.88 Å². The van der Waals surface area contributed by atoms with Crippen LogP contribution in [0.5, 0.6) is 0 Å². The molecule has 3 aromatic rings. The van der Waals surface area contributed by atoms with Crippen LogP contribution in [0.1, 0.15) is 55.6 Å². The molecule has 2 heterocycles. The summed E-state index contributed by atoms with van der Waals surface area (Å²) in [6.45, 7) is 4.44. The third-order valence-corrected chi connectivity index (χ3v) is 6.97. The van der Waals surface area contributed by atoms with Crippen LogP contribution in [-0.2, 0) is 17.8 Å². The summed E-state index contributed by atoms with van der Waals surface area (Å²) in [6.07, 6.45) is 5.25. The molecule has 0 unspecified atom stereocenters. The Morgan fingerprint density at radius 1 is 1.10 bits per heavy atom. The minimum atomic E-state index is -1.01. The summed E-state index contributed by atoms with van der Waals surface area (Å²) in [5, 5.41) is 4.28. The lowest BCUT2D eigenvalue weighted by atomic mass is 9.93. The summed E-state index contributed by atoms with van der Waals surface area (Å²) in [6, 6.07) is 18.2. The Hall–Kier alpha value is -3.08. The van der Waals surface area contributed by atoms with E-state index in [0.717, 1.165) is 48.7 Å². The van der Waals surface area contributed by atoms with Crippen LogP contribution in [0.15, 0.2) is 54.6 Å². The van der Waals surface area contributed by atoms with Gasteiger partial charge in [0.15, 0.2) is 0 Å². The highest BCUT2D eigenvalue weighted by molar-refractivity contribution is 6.14. The van der Waals surface area contributed by atoms with Gasteiger partial charge in [-0.05, 0) is 56.0 Å². The Labute approximate surface area is 183 Å². The van der Waals surface area contributed by atoms with Crippen LogP contribution in [0, 0.1) is 0 Å². The number of rotatable bonds is 4. The molecule has 1 aromatic heterocycles. The molecule has 0 spiro atoms. The number of nitrogens with one attached hydrogen (secondary N) is 1. The fourth-order valence-electron chi connectivity index (χ4n) is 5.14. The number of nitrogens with zero attached hydrogens (tertiary/aromatic N) is 2. The van der Waals surface area contributed by atoms with E-state index in [4.69, 9.17) is 0 Å². The fourth-order valence-corrected chi connectivity index (χ4v) is 5.14. The zero-order valence-electron chi connectivity index (χ0n) is 18.2. The van der Waals surface area contributed by atoms with E-state index in [0.29, 0.717) is 12.2 Å². The third kappa shape index (κ3) is 3.23. The highest BCUT2D eigenvalue weighted by Crippen LogP contribution is 2.36. The summed E-state index contributed by atoms with van der Waals surface area (Å²) in [5.41, 5.74) is 2.59. The molecule has 5 nitrogen and oxygen atoms in total. The van der Waals surface area contributed by atoms with Crippen molar-refractivity contribution in [2.45, 2.75) is 64.1 Å². The molecular formula is C26H29N3O2. The van der Waals surface area contributed by atoms with E-state index in [1.165, 1.54) is 5.56 Å². The molecule has 1 fully saturated rings. The first kappa shape index (κ1) is 19.9. The van der Waals surface area contributed by atoms with Crippen LogP contribution in [0.2, 0.25) is 0 Å². The van der Waals surface area contributed by atoms with E-state index in [2.05, 4.69) is 12.2 Å². The van der Waals surface area contributed by atoms with Gasteiger partial charge in [-0.2, -0.15) is 0 Å². The number of carbonyl (C=O) groups is 2. The Bertz CT molecular complexity index is 1140. The molecule has 2 amide bonds. The Kier molecular flexibility index (Phi) is 4.84. The maximum absolute atomic E-state index is 13.8. The second-order valence-electron chi connectivity index (χ2n) is 9.06. The predicted octanol–water partition coefficient (Wildman–Crippen LogP) is 4.68. The van der Waals surface area contributed by atoms with E-state index in [-0.39, 0.29) is 17.9 Å². The normalized spacial score (nSPS) is 21.5. The summed E-state index contributed by atoms with van der Waals surface area (Å²) >= 11 is 0. The fraction of sp³-hybridized carbons (Fsp3) is 0.385. The highest BCUT2D eigenvalue weighted by Gasteiger charge is 2.49. The molecule has 1 atom stereocenters. The number of hydrogen-bond acceptors (Lipinski definition) is 2. The molecule has 1 aliphatic heterocycles. The van der Waals surface area contributed by atoms with E-state index in [1.807, 2.05) is 66.1 Å². The molecule has 2 aromatic carbocycles. The van der Waals surface area contributed by atoms with Crippen molar-refractivity contribution in [2.24, 2.45) is 0 Å². The lowest BCUT2D eigenvalue weighted by molar-refractivity contribution is -0.127. The van der Waals surface area contributed by atoms with Crippen molar-refractivity contribution in [3.8, 4) is 0 Å². The molecule has 5 heteroatoms. The Morgan fingerprint density at radius 3 is 2.52 bits per heavy atom. The number of anilines is 1. The molecule has 1 N–H and O–H groups in total. The smallest absolute Gasteiger partial charge is 0.275 e. The standard InChI is InChI=1S/C26H29N3O2/c1-3-18-12-14-21(15-13-18)29-24(30)23-16-19-8-4-7-11-22(19)28(23)17-26(29,2)25(31)27-20-9-5-6-10-20/h4,7-8,11-16,20H,3,5-6,9-10,17H2,1-2H3,(H,27,31)/t26-/m1/s1. The lowest BCUT2D eigenvalue weighted by Gasteiger charge is -2.44. The molecule has 1 saturated carbocycles. The first-order valence-electron chi connectivity index (χ1n) is 11.3. The average molecular weight is 416 g/mol. The number of para-hydroxylation sites is 1. The Morgan fingerprint density at radius 2 is 1.81 bits per heavy atom. The van der Waals surface area contributed by atoms with Crippen LogP contribution in [0.4, 0.5) is 5.69 Å². The average Bonchev–Trinajstić information content (AvgIpc) is 3.42. The molecule has 1 aliphatic carbocycles. The number of fused-ring (bicyclic) bond motifs is 3. The number of benzene rings is 2. The molecule has 0 saturated heterocycles. The molecule has 31 heavy (non-hydrogen) atoms. The van der Waals surface area contributed by atoms with Crippen molar-refractivity contribution in [1.82, 2.24) is 9.88 Å². The van der Waals surface area contributed by atoms with Gasteiger partial charge in [0.1, 0.15) is 11.2 Å². The van der Waals surface area contributed by atoms with Crippen LogP contribution in [0.3, 0.4) is 0 Å². The van der Waals surface area contributed by atoms with Gasteiger partial charge in [0.05, 0.1) is 6.54 Å². The largest absolute Gasteiger partial charge is 0.351 e. The van der Waals surface area contributed by atoms with Crippen molar-refractivity contribution < 1.29 is 9.59 Å². The van der Waals surface area contributed by atoms with Gasteiger partial charge in [0, 0.05) is 22.6 Å². The van der Waals surface area contributed by atoms with Crippen molar-refractivity contribution in [1.29, 1.82) is 0 Å². The van der Waals surface area contributed by atoms with Gasteiger partial charge in [0.25, 0.3) is 5.91 Å². The predicted molar refractivity (Wildman–Crippen MR) is 123 cm³/mol. The maximum atomic E-state index is 13.8. The molecule has 0 radical (unpaired) electrons. The van der Waals surface area contributed by atoms with E-state index in [9.17, 15) is 9.59 Å². The second-order valence-corrected chi connectivity index (χ2v) is 9.06. The minimum Gasteiger partial charge on any atom is -0.351 e. The van der Waals surface area contributed by atoms with Gasteiger partial charge in [-0.1, -0.05) is 50.1 Å². The zero-order valence-corrected chi connectivity index (χ0v) is 18.2. The maximum Gasteiger partial charge on any atom is 0.275 e. The van der Waals surface area contributed by atoms with E-state index >= 15 is 0 Å². The summed E-state index contributed by atoms with van der Waals surface area (Å²) < 4.78 is 2.02. The number of aryl methyl sites for hydroxylation is 1. The second kappa shape index (κ2) is 7.56. The van der Waals surface area contributed by atoms with Gasteiger partial charge in [-0.15, -0.1) is 0 Å². The summed E-state index contributed by atoms with van der Waals surface area (Å²) in [5.74, 6) is -0.202. The molecule has 2 aliphatic rings. The monoisotopic (exact) mass is 415 g/mol. The molecule has 160 valence electrons. The van der Waals surface area contributed by atoms with Crippen molar-refractivity contribution >= 4 is 28.4 Å². The molecule has 5 rings (SSSR count). The van der Waals surface area contributed by atoms with E-state index in [1.54, 1.807) is 4.90 Å². The first-order valence-corrected chi connectivity index (χ1v) is 11.3. The number of carbonyl (C=O) groups excluding carboxylic acids is 2. The van der Waals surface area contributed by atoms with Crippen LogP contribution < -0.4 is 10.2 Å². The van der Waals surface area contributed by atoms with Gasteiger partial charge >= 0.3 is 0 Å². The van der Waals surface area contributed by atoms with Crippen molar-refractivity contribution in [3.05, 3.63) is 65.9 Å². The first-order chi connectivity index (χ1) is 15.0. The topological polar surface area (TPSA) is 54.3 Å². The highest BCUT2D eigenvalue weighted by atomic mass is 16.2. The Balaban J connectivity index is 1.62. The van der Waals surface area contributed by atoms with Gasteiger partial charge in [0.2, 0.25) is 5.91 Å². The number of aromatic nitrogens is 1. The third-order valence-electron chi connectivity index (χ3n) is 6.97. The van der Waals surface area contributed by atoms with Crippen LogP contribution in [0.25, 0.3) is 10.9 Å². The van der Waals surface area contributed by atoms with Crippen LogP contribution in [-0.4, -0.2) is 28.0 Å².